The second kappa shape index (κ2) is 4.18. The molecule has 0 amide bonds. The van der Waals surface area contributed by atoms with E-state index in [9.17, 15) is 4.79 Å². The summed E-state index contributed by atoms with van der Waals surface area (Å²) in [7, 11) is 0. The average Bonchev–Trinajstić information content (AvgIpc) is 2.30. The molecule has 0 aromatic carbocycles. The first-order valence-electron chi connectivity index (χ1n) is 4.60. The van der Waals surface area contributed by atoms with Gasteiger partial charge in [-0.2, -0.15) is 10.2 Å². The van der Waals surface area contributed by atoms with Crippen LogP contribution in [0.3, 0.4) is 0 Å². The molecule has 78 valence electrons. The molecule has 2 rings (SSSR count). The molecule has 15 heavy (non-hydrogen) atoms. The van der Waals surface area contributed by atoms with Crippen LogP contribution in [-0.2, 0) is 4.74 Å². The molecule has 1 aliphatic rings. The second-order valence-corrected chi connectivity index (χ2v) is 3.19. The number of aromatic carboxylic acids is 1. The molecule has 5 nitrogen and oxygen atoms in total. The smallest absolute Gasteiger partial charge is 0.337 e. The van der Waals surface area contributed by atoms with Crippen molar-refractivity contribution in [3.05, 3.63) is 29.6 Å². The summed E-state index contributed by atoms with van der Waals surface area (Å²) in [5, 5.41) is 16.4. The minimum absolute atomic E-state index is 0.160. The largest absolute Gasteiger partial charge is 0.478 e. The molecule has 0 aliphatic carbocycles. The van der Waals surface area contributed by atoms with Gasteiger partial charge in [0.2, 0.25) is 0 Å². The third-order valence-electron chi connectivity index (χ3n) is 2.19. The topological polar surface area (TPSA) is 72.3 Å². The van der Waals surface area contributed by atoms with E-state index in [0.29, 0.717) is 18.9 Å². The maximum atomic E-state index is 10.7. The first-order chi connectivity index (χ1) is 7.27. The number of carboxylic acids is 1. The lowest BCUT2D eigenvalue weighted by Gasteiger charge is -2.12. The van der Waals surface area contributed by atoms with Crippen molar-refractivity contribution >= 4 is 11.5 Å². The Hall–Kier alpha value is -1.75. The summed E-state index contributed by atoms with van der Waals surface area (Å²) in [5.74, 6) is -0.987. The van der Waals surface area contributed by atoms with Gasteiger partial charge in [0.1, 0.15) is 0 Å². The number of rotatable bonds is 2. The third-order valence-corrected chi connectivity index (χ3v) is 2.19. The van der Waals surface area contributed by atoms with E-state index < -0.39 is 5.97 Å². The van der Waals surface area contributed by atoms with Crippen LogP contribution in [-0.4, -0.2) is 34.5 Å². The molecule has 1 N–H and O–H groups in total. The van der Waals surface area contributed by atoms with Gasteiger partial charge < -0.3 is 9.84 Å². The first-order valence-corrected chi connectivity index (χ1v) is 4.60. The number of aromatic nitrogens is 2. The van der Waals surface area contributed by atoms with Crippen LogP contribution in [0.2, 0.25) is 0 Å². The van der Waals surface area contributed by atoms with E-state index in [1.807, 2.05) is 6.08 Å². The lowest BCUT2D eigenvalue weighted by molar-refractivity contribution is 0.0696. The Morgan fingerprint density at radius 3 is 3.07 bits per heavy atom. The van der Waals surface area contributed by atoms with Crippen molar-refractivity contribution < 1.29 is 14.6 Å². The van der Waals surface area contributed by atoms with Gasteiger partial charge in [0.05, 0.1) is 30.7 Å². The van der Waals surface area contributed by atoms with E-state index in [1.165, 1.54) is 12.3 Å². The minimum atomic E-state index is -0.987. The first kappa shape index (κ1) is 9.79. The molecule has 0 unspecified atom stereocenters. The molecule has 0 radical (unpaired) electrons. The van der Waals surface area contributed by atoms with Crippen LogP contribution in [0, 0.1) is 0 Å². The van der Waals surface area contributed by atoms with Crippen LogP contribution >= 0.6 is 0 Å². The highest BCUT2D eigenvalue weighted by atomic mass is 16.5. The van der Waals surface area contributed by atoms with Gasteiger partial charge in [0, 0.05) is 0 Å². The predicted octanol–water partition coefficient (Wildman–Crippen LogP) is 0.978. The highest BCUT2D eigenvalue weighted by molar-refractivity contribution is 5.88. The van der Waals surface area contributed by atoms with E-state index in [1.54, 1.807) is 0 Å². The molecule has 0 saturated heterocycles. The van der Waals surface area contributed by atoms with Crippen molar-refractivity contribution in [3.63, 3.8) is 0 Å². The highest BCUT2D eigenvalue weighted by Crippen LogP contribution is 2.19. The summed E-state index contributed by atoms with van der Waals surface area (Å²) in [6, 6.07) is 1.53. The summed E-state index contributed by atoms with van der Waals surface area (Å²) in [6.45, 7) is 1.19. The highest BCUT2D eigenvalue weighted by Gasteiger charge is 2.11. The van der Waals surface area contributed by atoms with Crippen LogP contribution in [0.15, 0.2) is 18.3 Å². The molecule has 2 heterocycles. The third kappa shape index (κ3) is 2.19. The lowest BCUT2D eigenvalue weighted by Crippen LogP contribution is -2.07. The Morgan fingerprint density at radius 2 is 2.40 bits per heavy atom. The molecule has 0 spiro atoms. The van der Waals surface area contributed by atoms with Gasteiger partial charge in [-0.1, -0.05) is 6.08 Å². The fraction of sp³-hybridized carbons (Fsp3) is 0.300. The molecular formula is C10H10N2O3. The van der Waals surface area contributed by atoms with Gasteiger partial charge in [-0.25, -0.2) is 4.79 Å². The van der Waals surface area contributed by atoms with Crippen molar-refractivity contribution in [2.75, 3.05) is 13.2 Å². The summed E-state index contributed by atoms with van der Waals surface area (Å²) in [5.41, 5.74) is 1.78. The predicted molar refractivity (Wildman–Crippen MR) is 52.4 cm³/mol. The second-order valence-electron chi connectivity index (χ2n) is 3.19. The van der Waals surface area contributed by atoms with Crippen molar-refractivity contribution in [3.8, 4) is 0 Å². The number of carboxylic acid groups (broad SMARTS) is 1. The zero-order valence-corrected chi connectivity index (χ0v) is 8.01. The number of hydrogen-bond donors (Lipinski definition) is 1. The quantitative estimate of drug-likeness (QED) is 0.780. The normalized spacial score (nSPS) is 15.9. The molecule has 0 bridgehead atoms. The summed E-state index contributed by atoms with van der Waals surface area (Å²) >= 11 is 0. The zero-order chi connectivity index (χ0) is 10.7. The van der Waals surface area contributed by atoms with E-state index in [4.69, 9.17) is 9.84 Å². The van der Waals surface area contributed by atoms with Gasteiger partial charge in [-0.05, 0) is 18.1 Å². The molecule has 0 atom stereocenters. The molecule has 1 aromatic heterocycles. The lowest BCUT2D eigenvalue weighted by atomic mass is 10.1. The molecular weight excluding hydrogens is 196 g/mol. The van der Waals surface area contributed by atoms with Crippen LogP contribution in [0.5, 0.6) is 0 Å². The van der Waals surface area contributed by atoms with Gasteiger partial charge in [0.25, 0.3) is 0 Å². The molecule has 0 saturated carbocycles. The van der Waals surface area contributed by atoms with Gasteiger partial charge >= 0.3 is 5.97 Å². The average molecular weight is 206 g/mol. The summed E-state index contributed by atoms with van der Waals surface area (Å²) < 4.78 is 5.16. The maximum absolute atomic E-state index is 10.7. The van der Waals surface area contributed by atoms with E-state index in [0.717, 1.165) is 12.0 Å². The van der Waals surface area contributed by atoms with Crippen molar-refractivity contribution in [1.82, 2.24) is 10.2 Å². The van der Waals surface area contributed by atoms with E-state index in [-0.39, 0.29) is 5.56 Å². The monoisotopic (exact) mass is 206 g/mol. The van der Waals surface area contributed by atoms with Crippen molar-refractivity contribution in [2.45, 2.75) is 6.42 Å². The van der Waals surface area contributed by atoms with Crippen LogP contribution in [0.25, 0.3) is 5.57 Å². The molecule has 1 aliphatic heterocycles. The maximum Gasteiger partial charge on any atom is 0.337 e. The summed E-state index contributed by atoms with van der Waals surface area (Å²) in [6.07, 6.45) is 3.89. The van der Waals surface area contributed by atoms with Crippen LogP contribution in [0.1, 0.15) is 22.5 Å². The fourth-order valence-corrected chi connectivity index (χ4v) is 1.40. The summed E-state index contributed by atoms with van der Waals surface area (Å²) in [4.78, 5) is 10.7. The van der Waals surface area contributed by atoms with Gasteiger partial charge in [-0.15, -0.1) is 0 Å². The Bertz CT molecular complexity index is 415. The van der Waals surface area contributed by atoms with Crippen LogP contribution < -0.4 is 0 Å². The van der Waals surface area contributed by atoms with E-state index >= 15 is 0 Å². The number of carbonyl (C=O) groups is 1. The SMILES string of the molecule is O=C(O)c1cnnc(C2=CCOCC2)c1. The van der Waals surface area contributed by atoms with Crippen molar-refractivity contribution in [1.29, 1.82) is 0 Å². The van der Waals surface area contributed by atoms with Gasteiger partial charge in [0.15, 0.2) is 0 Å². The number of ether oxygens (including phenoxy) is 1. The van der Waals surface area contributed by atoms with Gasteiger partial charge in [-0.3, -0.25) is 0 Å². The molecule has 0 fully saturated rings. The molecule has 5 heteroatoms. The fourth-order valence-electron chi connectivity index (χ4n) is 1.40. The minimum Gasteiger partial charge on any atom is -0.478 e. The Balaban J connectivity index is 2.31. The Kier molecular flexibility index (Phi) is 2.73. The number of hydrogen-bond acceptors (Lipinski definition) is 4. The Morgan fingerprint density at radius 1 is 1.53 bits per heavy atom. The van der Waals surface area contributed by atoms with Crippen molar-refractivity contribution in [2.24, 2.45) is 0 Å². The van der Waals surface area contributed by atoms with Crippen LogP contribution in [0.4, 0.5) is 0 Å². The van der Waals surface area contributed by atoms with E-state index in [2.05, 4.69) is 10.2 Å². The zero-order valence-electron chi connectivity index (χ0n) is 8.01. The standard InChI is InChI=1S/C10H10N2O3/c13-10(14)8-5-9(12-11-6-8)7-1-3-15-4-2-7/h1,5-6H,2-4H2,(H,13,14). The number of nitrogens with zero attached hydrogens (tertiary/aromatic N) is 2. The molecule has 1 aromatic rings. The Labute approximate surface area is 86.4 Å².